The van der Waals surface area contributed by atoms with Crippen LogP contribution in [0.5, 0.6) is 0 Å². The predicted octanol–water partition coefficient (Wildman–Crippen LogP) is 3.36. The molecule has 1 heterocycles. The number of nitrogens with one attached hydrogen (secondary N) is 1. The first-order valence-electron chi connectivity index (χ1n) is 8.67. The van der Waals surface area contributed by atoms with Gasteiger partial charge in [0.2, 0.25) is 5.89 Å². The van der Waals surface area contributed by atoms with E-state index in [0.29, 0.717) is 18.3 Å². The summed E-state index contributed by atoms with van der Waals surface area (Å²) >= 11 is 0. The predicted molar refractivity (Wildman–Crippen MR) is 92.4 cm³/mol. The van der Waals surface area contributed by atoms with Gasteiger partial charge in [-0.15, -0.1) is 0 Å². The zero-order valence-electron chi connectivity index (χ0n) is 14.7. The summed E-state index contributed by atoms with van der Waals surface area (Å²) in [5.41, 5.74) is 0.966. The van der Waals surface area contributed by atoms with Crippen LogP contribution in [0, 0.1) is 5.41 Å². The molecule has 1 fully saturated rings. The molecule has 0 saturated heterocycles. The Kier molecular flexibility index (Phi) is 4.74. The molecule has 5 nitrogen and oxygen atoms in total. The van der Waals surface area contributed by atoms with E-state index < -0.39 is 0 Å². The van der Waals surface area contributed by atoms with E-state index in [1.54, 1.807) is 0 Å². The molecule has 0 spiro atoms. The van der Waals surface area contributed by atoms with Gasteiger partial charge in [-0.3, -0.25) is 0 Å². The van der Waals surface area contributed by atoms with E-state index in [1.165, 1.54) is 12.0 Å². The van der Waals surface area contributed by atoms with E-state index in [2.05, 4.69) is 48.4 Å². The second kappa shape index (κ2) is 6.65. The van der Waals surface area contributed by atoms with Gasteiger partial charge in [0, 0.05) is 16.9 Å². The lowest BCUT2D eigenvalue weighted by Gasteiger charge is -2.47. The first kappa shape index (κ1) is 17.1. The number of benzene rings is 1. The minimum Gasteiger partial charge on any atom is -0.396 e. The monoisotopic (exact) mass is 329 g/mol. The molecule has 2 N–H and O–H groups in total. The molecule has 2 aromatic rings. The average molecular weight is 329 g/mol. The lowest BCUT2D eigenvalue weighted by atomic mass is 9.63. The molecule has 1 aromatic heterocycles. The van der Waals surface area contributed by atoms with Crippen molar-refractivity contribution in [3.8, 4) is 0 Å². The van der Waals surface area contributed by atoms with Gasteiger partial charge in [-0.1, -0.05) is 62.7 Å². The maximum atomic E-state index is 9.99. The Balaban J connectivity index is 1.77. The number of aromatic nitrogens is 2. The Morgan fingerprint density at radius 1 is 1.25 bits per heavy atom. The third-order valence-electron chi connectivity index (χ3n) is 4.98. The number of rotatable bonds is 6. The van der Waals surface area contributed by atoms with Crippen molar-refractivity contribution in [2.45, 2.75) is 58.0 Å². The van der Waals surface area contributed by atoms with Gasteiger partial charge < -0.3 is 14.9 Å². The molecule has 3 rings (SSSR count). The molecule has 5 heteroatoms. The van der Waals surface area contributed by atoms with E-state index in [1.807, 2.05) is 18.2 Å². The second-order valence-electron chi connectivity index (χ2n) is 7.86. The van der Waals surface area contributed by atoms with Crippen molar-refractivity contribution in [3.05, 3.63) is 47.6 Å². The van der Waals surface area contributed by atoms with Crippen LogP contribution in [0.4, 0.5) is 0 Å². The van der Waals surface area contributed by atoms with Gasteiger partial charge in [-0.05, 0) is 18.4 Å². The molecular weight excluding hydrogens is 302 g/mol. The fraction of sp³-hybridized carbons (Fsp3) is 0.579. The number of hydrogen-bond acceptors (Lipinski definition) is 5. The summed E-state index contributed by atoms with van der Waals surface area (Å²) in [4.78, 5) is 4.50. The van der Waals surface area contributed by atoms with Crippen molar-refractivity contribution in [3.63, 3.8) is 0 Å². The zero-order valence-corrected chi connectivity index (χ0v) is 14.7. The highest BCUT2D eigenvalue weighted by Crippen LogP contribution is 2.49. The summed E-state index contributed by atoms with van der Waals surface area (Å²) in [7, 11) is 0. The summed E-state index contributed by atoms with van der Waals surface area (Å²) in [5.74, 6) is 1.31. The minimum absolute atomic E-state index is 0.0854. The lowest BCUT2D eigenvalue weighted by Crippen LogP contribution is -2.45. The van der Waals surface area contributed by atoms with Crippen LogP contribution in [0.2, 0.25) is 0 Å². The molecule has 0 amide bonds. The number of hydrogen-bond donors (Lipinski definition) is 2. The van der Waals surface area contributed by atoms with Crippen LogP contribution in [0.3, 0.4) is 0 Å². The van der Waals surface area contributed by atoms with Crippen LogP contribution in [0.25, 0.3) is 0 Å². The topological polar surface area (TPSA) is 71.2 Å². The Bertz CT molecular complexity index is 651. The van der Waals surface area contributed by atoms with Gasteiger partial charge in [0.15, 0.2) is 5.82 Å². The normalized spacial score (nSPS) is 18.2. The third-order valence-corrected chi connectivity index (χ3v) is 4.98. The van der Waals surface area contributed by atoms with Gasteiger partial charge in [-0.2, -0.15) is 4.98 Å². The summed E-state index contributed by atoms with van der Waals surface area (Å²) in [5, 5.41) is 17.6. The molecule has 1 aromatic carbocycles. The van der Waals surface area contributed by atoms with Crippen molar-refractivity contribution >= 4 is 0 Å². The molecule has 1 atom stereocenters. The van der Waals surface area contributed by atoms with Crippen LogP contribution >= 0.6 is 0 Å². The molecule has 24 heavy (non-hydrogen) atoms. The van der Waals surface area contributed by atoms with Crippen LogP contribution in [0.15, 0.2) is 34.9 Å². The Hall–Kier alpha value is -1.72. The van der Waals surface area contributed by atoms with E-state index in [4.69, 9.17) is 4.52 Å². The van der Waals surface area contributed by atoms with E-state index in [-0.39, 0.29) is 23.5 Å². The van der Waals surface area contributed by atoms with Crippen molar-refractivity contribution in [1.82, 2.24) is 15.5 Å². The average Bonchev–Trinajstić information content (AvgIpc) is 3.00. The van der Waals surface area contributed by atoms with Crippen molar-refractivity contribution in [1.29, 1.82) is 0 Å². The molecule has 1 aliphatic carbocycles. The molecular formula is C19H27N3O2. The summed E-state index contributed by atoms with van der Waals surface area (Å²) in [6, 6.07) is 10.4. The zero-order chi connectivity index (χ0) is 17.2. The van der Waals surface area contributed by atoms with E-state index >= 15 is 0 Å². The molecule has 0 aliphatic heterocycles. The second-order valence-corrected chi connectivity index (χ2v) is 7.86. The van der Waals surface area contributed by atoms with Crippen LogP contribution in [-0.2, 0) is 12.0 Å². The molecule has 0 radical (unpaired) electrons. The number of aliphatic hydroxyl groups excluding tert-OH is 1. The molecule has 1 aliphatic rings. The van der Waals surface area contributed by atoms with Crippen molar-refractivity contribution in [2.75, 3.05) is 6.61 Å². The van der Waals surface area contributed by atoms with Crippen LogP contribution < -0.4 is 5.32 Å². The fourth-order valence-corrected chi connectivity index (χ4v) is 3.33. The SMILES string of the molecule is CC(C)(C)c1nc(CNC(c2ccccc2)C2(CO)CCC2)no1. The number of aliphatic hydroxyl groups is 1. The van der Waals surface area contributed by atoms with E-state index in [9.17, 15) is 5.11 Å². The van der Waals surface area contributed by atoms with Gasteiger partial charge in [0.1, 0.15) is 0 Å². The molecule has 1 unspecified atom stereocenters. The quantitative estimate of drug-likeness (QED) is 0.850. The van der Waals surface area contributed by atoms with Gasteiger partial charge in [0.05, 0.1) is 13.2 Å². The molecule has 130 valence electrons. The highest BCUT2D eigenvalue weighted by molar-refractivity contribution is 5.23. The van der Waals surface area contributed by atoms with Gasteiger partial charge >= 0.3 is 0 Å². The smallest absolute Gasteiger partial charge is 0.232 e. The Labute approximate surface area is 143 Å². The standard InChI is InChI=1S/C19H27N3O2/c1-18(2,3)17-21-15(22-24-17)12-20-16(14-8-5-4-6-9-14)19(13-23)10-7-11-19/h4-6,8-9,16,20,23H,7,10-13H2,1-3H3. The summed E-state index contributed by atoms with van der Waals surface area (Å²) in [6.45, 7) is 6.89. The van der Waals surface area contributed by atoms with Gasteiger partial charge in [-0.25, -0.2) is 0 Å². The third kappa shape index (κ3) is 3.37. The first-order valence-corrected chi connectivity index (χ1v) is 8.67. The Morgan fingerprint density at radius 3 is 2.46 bits per heavy atom. The lowest BCUT2D eigenvalue weighted by molar-refractivity contribution is 0.00432. The van der Waals surface area contributed by atoms with Crippen LogP contribution in [0.1, 0.15) is 63.4 Å². The maximum absolute atomic E-state index is 9.99. The first-order chi connectivity index (χ1) is 11.4. The maximum Gasteiger partial charge on any atom is 0.232 e. The van der Waals surface area contributed by atoms with Crippen molar-refractivity contribution in [2.24, 2.45) is 5.41 Å². The largest absolute Gasteiger partial charge is 0.396 e. The molecule has 0 bridgehead atoms. The Morgan fingerprint density at radius 2 is 1.96 bits per heavy atom. The minimum atomic E-state index is -0.148. The number of nitrogens with zero attached hydrogens (tertiary/aromatic N) is 2. The van der Waals surface area contributed by atoms with Gasteiger partial charge in [0.25, 0.3) is 0 Å². The van der Waals surface area contributed by atoms with Crippen LogP contribution in [-0.4, -0.2) is 21.9 Å². The fourth-order valence-electron chi connectivity index (χ4n) is 3.33. The summed E-state index contributed by atoms with van der Waals surface area (Å²) in [6.07, 6.45) is 3.24. The summed E-state index contributed by atoms with van der Waals surface area (Å²) < 4.78 is 5.37. The molecule has 1 saturated carbocycles. The van der Waals surface area contributed by atoms with Crippen molar-refractivity contribution < 1.29 is 9.63 Å². The highest BCUT2D eigenvalue weighted by Gasteiger charge is 2.44. The highest BCUT2D eigenvalue weighted by atomic mass is 16.5. The van der Waals surface area contributed by atoms with E-state index in [0.717, 1.165) is 12.8 Å².